The van der Waals surface area contributed by atoms with E-state index >= 15 is 0 Å². The lowest BCUT2D eigenvalue weighted by molar-refractivity contribution is -0.150. The molecule has 10 nitrogen and oxygen atoms in total. The molecule has 1 heterocycles. The van der Waals surface area contributed by atoms with Crippen LogP contribution in [0.25, 0.3) is 0 Å². The van der Waals surface area contributed by atoms with Crippen molar-refractivity contribution in [3.8, 4) is 11.8 Å². The van der Waals surface area contributed by atoms with Crippen molar-refractivity contribution in [3.05, 3.63) is 75.8 Å². The van der Waals surface area contributed by atoms with Gasteiger partial charge in [0.1, 0.15) is 11.7 Å². The Kier molecular flexibility index (Phi) is 9.29. The first kappa shape index (κ1) is 27.3. The minimum absolute atomic E-state index is 0.0756. The third-order valence-electron chi connectivity index (χ3n) is 5.67. The number of esters is 2. The third kappa shape index (κ3) is 6.48. The molecule has 0 unspecified atom stereocenters. The number of ether oxygens (including phenoxy) is 3. The van der Waals surface area contributed by atoms with Gasteiger partial charge in [-0.2, -0.15) is 5.26 Å². The predicted molar refractivity (Wildman–Crippen MR) is 134 cm³/mol. The van der Waals surface area contributed by atoms with Crippen LogP contribution in [0.5, 0.6) is 5.75 Å². The molecular weight excluding hydrogens is 498 g/mol. The number of hydrogen-bond acceptors (Lipinski definition) is 9. The number of methoxy groups -OCH3 is 3. The zero-order valence-electron chi connectivity index (χ0n) is 20.4. The molecule has 192 valence electrons. The number of rotatable bonds is 9. The fraction of sp³-hybridized carbons (Fsp3) is 0.269. The van der Waals surface area contributed by atoms with Crippen LogP contribution in [0, 0.1) is 17.2 Å². The molecule has 0 aromatic heterocycles. The van der Waals surface area contributed by atoms with Gasteiger partial charge < -0.3 is 24.8 Å². The number of hydrogen-bond donors (Lipinski definition) is 2. The smallest absolute Gasteiger partial charge is 0.337 e. The largest absolute Gasteiger partial charge is 0.497 e. The standard InChI is InChI=1S/C26H25N3O7S/c1-34-18-10-4-15(5-11-18)13-28-20(30)14-37-24-19(12-27)21(22(23(31)29-24)26(33)36-3)16-6-8-17(9-7-16)25(32)35-2/h4-11,21-22H,13-14H2,1-3H3,(H,28,30)(H,29,31)/t21-,22-/m0/s1. The lowest BCUT2D eigenvalue weighted by Crippen LogP contribution is -2.44. The average Bonchev–Trinajstić information content (AvgIpc) is 2.93. The highest BCUT2D eigenvalue weighted by Gasteiger charge is 2.44. The molecule has 2 aromatic rings. The summed E-state index contributed by atoms with van der Waals surface area (Å²) in [5.74, 6) is -4.00. The Bertz CT molecular complexity index is 1250. The lowest BCUT2D eigenvalue weighted by Gasteiger charge is -2.31. The highest BCUT2D eigenvalue weighted by atomic mass is 32.2. The van der Waals surface area contributed by atoms with Crippen molar-refractivity contribution in [3.63, 3.8) is 0 Å². The zero-order chi connectivity index (χ0) is 26.9. The highest BCUT2D eigenvalue weighted by Crippen LogP contribution is 2.40. The molecule has 2 atom stereocenters. The number of benzene rings is 2. The summed E-state index contributed by atoms with van der Waals surface area (Å²) in [6, 6.07) is 15.4. The van der Waals surface area contributed by atoms with E-state index in [0.29, 0.717) is 17.9 Å². The summed E-state index contributed by atoms with van der Waals surface area (Å²) >= 11 is 0.981. The minimum Gasteiger partial charge on any atom is -0.497 e. The number of nitrogens with zero attached hydrogens (tertiary/aromatic N) is 1. The van der Waals surface area contributed by atoms with Gasteiger partial charge in [0.2, 0.25) is 11.8 Å². The summed E-state index contributed by atoms with van der Waals surface area (Å²) in [6.45, 7) is 0.291. The average molecular weight is 524 g/mol. The van der Waals surface area contributed by atoms with Gasteiger partial charge in [-0.15, -0.1) is 0 Å². The van der Waals surface area contributed by atoms with Crippen molar-refractivity contribution >= 4 is 35.5 Å². The van der Waals surface area contributed by atoms with Crippen molar-refractivity contribution in [2.45, 2.75) is 12.5 Å². The maximum Gasteiger partial charge on any atom is 0.337 e. The van der Waals surface area contributed by atoms with Gasteiger partial charge in [0.25, 0.3) is 0 Å². The van der Waals surface area contributed by atoms with E-state index in [4.69, 9.17) is 14.2 Å². The Morgan fingerprint density at radius 2 is 1.70 bits per heavy atom. The number of nitriles is 1. The molecule has 0 saturated carbocycles. The van der Waals surface area contributed by atoms with Crippen molar-refractivity contribution in [2.75, 3.05) is 27.1 Å². The van der Waals surface area contributed by atoms with Gasteiger partial charge in [0.05, 0.1) is 49.3 Å². The first-order valence-electron chi connectivity index (χ1n) is 11.1. The second-order valence-corrected chi connectivity index (χ2v) is 8.84. The van der Waals surface area contributed by atoms with Crippen molar-refractivity contribution in [1.82, 2.24) is 10.6 Å². The Morgan fingerprint density at radius 1 is 1.03 bits per heavy atom. The molecular formula is C26H25N3O7S. The van der Waals surface area contributed by atoms with E-state index in [-0.39, 0.29) is 27.8 Å². The molecule has 0 aliphatic carbocycles. The van der Waals surface area contributed by atoms with Gasteiger partial charge in [-0.3, -0.25) is 14.4 Å². The molecule has 0 fully saturated rings. The molecule has 0 radical (unpaired) electrons. The number of amides is 2. The van der Waals surface area contributed by atoms with Crippen LogP contribution in [0.1, 0.15) is 27.4 Å². The zero-order valence-corrected chi connectivity index (χ0v) is 21.2. The molecule has 1 aliphatic heterocycles. The second kappa shape index (κ2) is 12.6. The molecule has 0 spiro atoms. The molecule has 2 amide bonds. The summed E-state index contributed by atoms with van der Waals surface area (Å²) in [7, 11) is 3.97. The number of nitrogens with one attached hydrogen (secondary N) is 2. The monoisotopic (exact) mass is 523 g/mol. The van der Waals surface area contributed by atoms with Crippen LogP contribution in [0.15, 0.2) is 59.1 Å². The van der Waals surface area contributed by atoms with Gasteiger partial charge in [0, 0.05) is 12.5 Å². The van der Waals surface area contributed by atoms with Crippen LogP contribution in [-0.4, -0.2) is 50.8 Å². The maximum atomic E-state index is 12.9. The summed E-state index contributed by atoms with van der Waals surface area (Å²) in [4.78, 5) is 49.7. The molecule has 3 rings (SSSR count). The topological polar surface area (TPSA) is 144 Å². The van der Waals surface area contributed by atoms with Gasteiger partial charge >= 0.3 is 11.9 Å². The number of carbonyl (C=O) groups excluding carboxylic acids is 4. The molecule has 11 heteroatoms. The highest BCUT2D eigenvalue weighted by molar-refractivity contribution is 8.03. The number of allylic oxidation sites excluding steroid dienone is 1. The van der Waals surface area contributed by atoms with E-state index in [1.165, 1.54) is 19.2 Å². The van der Waals surface area contributed by atoms with Gasteiger partial charge in [-0.1, -0.05) is 36.0 Å². The van der Waals surface area contributed by atoms with Crippen LogP contribution in [0.4, 0.5) is 0 Å². The Balaban J connectivity index is 1.81. The molecule has 37 heavy (non-hydrogen) atoms. The van der Waals surface area contributed by atoms with Crippen molar-refractivity contribution in [2.24, 2.45) is 5.92 Å². The molecule has 2 aromatic carbocycles. The molecule has 0 saturated heterocycles. The van der Waals surface area contributed by atoms with E-state index in [9.17, 15) is 24.4 Å². The first-order chi connectivity index (χ1) is 17.8. The Morgan fingerprint density at radius 3 is 2.27 bits per heavy atom. The Labute approximate surface area is 218 Å². The molecule has 2 N–H and O–H groups in total. The normalized spacial score (nSPS) is 16.8. The van der Waals surface area contributed by atoms with E-state index in [1.807, 2.05) is 12.1 Å². The Hall–Kier alpha value is -4.30. The van der Waals surface area contributed by atoms with Crippen LogP contribution in [0.3, 0.4) is 0 Å². The molecule has 0 bridgehead atoms. The molecule has 1 aliphatic rings. The van der Waals surface area contributed by atoms with Crippen molar-refractivity contribution in [1.29, 1.82) is 5.26 Å². The van der Waals surface area contributed by atoms with Crippen LogP contribution in [-0.2, 0) is 30.4 Å². The van der Waals surface area contributed by atoms with E-state index in [0.717, 1.165) is 24.4 Å². The van der Waals surface area contributed by atoms with E-state index < -0.39 is 29.7 Å². The van der Waals surface area contributed by atoms with Gasteiger partial charge in [-0.25, -0.2) is 4.79 Å². The summed E-state index contributed by atoms with van der Waals surface area (Å²) < 4.78 is 14.6. The van der Waals surface area contributed by atoms with Crippen LogP contribution in [0.2, 0.25) is 0 Å². The SMILES string of the molecule is COC(=O)c1ccc([C@H]2C(C#N)=C(SCC(=O)NCc3ccc(OC)cc3)NC(=O)[C@H]2C(=O)OC)cc1. The summed E-state index contributed by atoms with van der Waals surface area (Å²) in [5, 5.41) is 15.5. The summed E-state index contributed by atoms with van der Waals surface area (Å²) in [6.07, 6.45) is 0. The van der Waals surface area contributed by atoms with Crippen molar-refractivity contribution < 1.29 is 33.4 Å². The number of thioether (sulfide) groups is 1. The minimum atomic E-state index is -1.32. The van der Waals surface area contributed by atoms with Gasteiger partial charge in [-0.05, 0) is 35.4 Å². The fourth-order valence-electron chi connectivity index (χ4n) is 3.76. The van der Waals surface area contributed by atoms with E-state index in [2.05, 4.69) is 16.7 Å². The predicted octanol–water partition coefficient (Wildman–Crippen LogP) is 2.27. The second-order valence-electron chi connectivity index (χ2n) is 7.85. The first-order valence-corrected chi connectivity index (χ1v) is 12.0. The summed E-state index contributed by atoms with van der Waals surface area (Å²) in [5.41, 5.74) is 1.70. The quantitative estimate of drug-likeness (QED) is 0.374. The fourth-order valence-corrected chi connectivity index (χ4v) is 4.64. The number of carbonyl (C=O) groups is 4. The third-order valence-corrected chi connectivity index (χ3v) is 6.69. The van der Waals surface area contributed by atoms with Gasteiger partial charge in [0.15, 0.2) is 0 Å². The van der Waals surface area contributed by atoms with E-state index in [1.54, 1.807) is 31.4 Å². The van der Waals surface area contributed by atoms with Crippen LogP contribution >= 0.6 is 11.8 Å². The maximum absolute atomic E-state index is 12.9. The van der Waals surface area contributed by atoms with Crippen LogP contribution < -0.4 is 15.4 Å². The lowest BCUT2D eigenvalue weighted by atomic mass is 9.78.